The van der Waals surface area contributed by atoms with Gasteiger partial charge in [0.05, 0.1) is 0 Å². The van der Waals surface area contributed by atoms with Gasteiger partial charge in [0.1, 0.15) is 0 Å². The zero-order valence-electron chi connectivity index (χ0n) is 8.44. The van der Waals surface area contributed by atoms with Crippen molar-refractivity contribution in [2.24, 2.45) is 0 Å². The van der Waals surface area contributed by atoms with Crippen LogP contribution >= 0.6 is 12.4 Å². The molecule has 1 aromatic rings. The van der Waals surface area contributed by atoms with E-state index in [0.717, 1.165) is 19.6 Å². The lowest BCUT2D eigenvalue weighted by molar-refractivity contribution is 0.501. The molecule has 3 heteroatoms. The van der Waals surface area contributed by atoms with Crippen LogP contribution < -0.4 is 10.2 Å². The first-order valence-electron chi connectivity index (χ1n) is 4.90. The summed E-state index contributed by atoms with van der Waals surface area (Å²) in [7, 11) is 0. The fourth-order valence-corrected chi connectivity index (χ4v) is 1.84. The van der Waals surface area contributed by atoms with Crippen LogP contribution in [0.2, 0.25) is 0 Å². The molecule has 0 amide bonds. The molecule has 0 aliphatic carbocycles. The molecular weight excluding hydrogens is 196 g/mol. The third kappa shape index (κ3) is 2.40. The van der Waals surface area contributed by atoms with Crippen molar-refractivity contribution in [1.82, 2.24) is 5.32 Å². The molecule has 1 fully saturated rings. The minimum Gasteiger partial charge on any atom is -0.366 e. The van der Waals surface area contributed by atoms with E-state index in [1.807, 2.05) is 0 Å². The molecule has 1 aromatic carbocycles. The number of nitrogens with one attached hydrogen (secondary N) is 1. The van der Waals surface area contributed by atoms with E-state index in [9.17, 15) is 0 Å². The van der Waals surface area contributed by atoms with Crippen LogP contribution in [0.4, 0.5) is 5.69 Å². The van der Waals surface area contributed by atoms with E-state index in [2.05, 4.69) is 47.5 Å². The monoisotopic (exact) mass is 212 g/mol. The molecule has 1 saturated heterocycles. The summed E-state index contributed by atoms with van der Waals surface area (Å²) >= 11 is 0. The molecule has 1 atom stereocenters. The summed E-state index contributed by atoms with van der Waals surface area (Å²) in [4.78, 5) is 2.45. The predicted molar refractivity (Wildman–Crippen MR) is 63.4 cm³/mol. The largest absolute Gasteiger partial charge is 0.366 e. The predicted octanol–water partition coefficient (Wildman–Crippen LogP) is 1.91. The van der Waals surface area contributed by atoms with Crippen LogP contribution in [-0.4, -0.2) is 25.7 Å². The zero-order valence-corrected chi connectivity index (χ0v) is 9.26. The van der Waals surface area contributed by atoms with Crippen molar-refractivity contribution in [3.8, 4) is 0 Å². The van der Waals surface area contributed by atoms with Gasteiger partial charge in [-0.25, -0.2) is 0 Å². The summed E-state index contributed by atoms with van der Waals surface area (Å²) in [5, 5.41) is 3.39. The quantitative estimate of drug-likeness (QED) is 0.765. The van der Waals surface area contributed by atoms with E-state index in [1.54, 1.807) is 0 Å². The van der Waals surface area contributed by atoms with Crippen molar-refractivity contribution < 1.29 is 0 Å². The first-order valence-corrected chi connectivity index (χ1v) is 4.90. The lowest BCUT2D eigenvalue weighted by atomic mass is 10.2. The minimum atomic E-state index is 0. The highest BCUT2D eigenvalue weighted by atomic mass is 35.5. The summed E-state index contributed by atoms with van der Waals surface area (Å²) in [6.07, 6.45) is 0. The molecule has 14 heavy (non-hydrogen) atoms. The Labute approximate surface area is 91.7 Å². The van der Waals surface area contributed by atoms with E-state index in [0.29, 0.717) is 6.04 Å². The van der Waals surface area contributed by atoms with Gasteiger partial charge < -0.3 is 10.2 Å². The molecule has 1 aliphatic rings. The fourth-order valence-electron chi connectivity index (χ4n) is 1.84. The van der Waals surface area contributed by atoms with Crippen molar-refractivity contribution in [2.45, 2.75) is 13.0 Å². The molecule has 1 aliphatic heterocycles. The summed E-state index contributed by atoms with van der Waals surface area (Å²) in [6, 6.07) is 11.2. The Bertz CT molecular complexity index is 263. The van der Waals surface area contributed by atoms with Crippen LogP contribution in [0.25, 0.3) is 0 Å². The number of nitrogens with zero attached hydrogens (tertiary/aromatic N) is 1. The van der Waals surface area contributed by atoms with E-state index < -0.39 is 0 Å². The maximum absolute atomic E-state index is 3.39. The standard InChI is InChI=1S/C11H16N2.ClH/c1-10-9-12-7-8-13(10)11-5-3-2-4-6-11;/h2-6,10,12H,7-9H2,1H3;1H/t10-;/m0./s1. The maximum atomic E-state index is 3.39. The van der Waals surface area contributed by atoms with Gasteiger partial charge in [-0.15, -0.1) is 12.4 Å². The third-order valence-corrected chi connectivity index (χ3v) is 2.59. The first-order chi connectivity index (χ1) is 6.38. The number of halogens is 1. The average molecular weight is 213 g/mol. The van der Waals surface area contributed by atoms with Crippen LogP contribution in [-0.2, 0) is 0 Å². The second-order valence-corrected chi connectivity index (χ2v) is 3.58. The van der Waals surface area contributed by atoms with Gasteiger partial charge in [-0.1, -0.05) is 18.2 Å². The minimum absolute atomic E-state index is 0. The number of para-hydroxylation sites is 1. The van der Waals surface area contributed by atoms with Gasteiger partial charge in [-0.3, -0.25) is 0 Å². The van der Waals surface area contributed by atoms with E-state index in [4.69, 9.17) is 0 Å². The second-order valence-electron chi connectivity index (χ2n) is 3.58. The number of hydrogen-bond donors (Lipinski definition) is 1. The highest BCUT2D eigenvalue weighted by Crippen LogP contribution is 2.16. The Balaban J connectivity index is 0.000000980. The van der Waals surface area contributed by atoms with Crippen molar-refractivity contribution in [3.05, 3.63) is 30.3 Å². The number of hydrogen-bond acceptors (Lipinski definition) is 2. The van der Waals surface area contributed by atoms with Crippen LogP contribution in [0.5, 0.6) is 0 Å². The molecule has 1 heterocycles. The van der Waals surface area contributed by atoms with Crippen LogP contribution in [0, 0.1) is 0 Å². The average Bonchev–Trinajstić information content (AvgIpc) is 2.20. The zero-order chi connectivity index (χ0) is 9.10. The molecule has 0 saturated carbocycles. The lowest BCUT2D eigenvalue weighted by Crippen LogP contribution is -2.49. The van der Waals surface area contributed by atoms with Crippen LogP contribution in [0.1, 0.15) is 6.92 Å². The van der Waals surface area contributed by atoms with E-state index in [-0.39, 0.29) is 12.4 Å². The van der Waals surface area contributed by atoms with Gasteiger partial charge in [0.2, 0.25) is 0 Å². The number of piperazine rings is 1. The second kappa shape index (κ2) is 5.23. The number of benzene rings is 1. The molecule has 78 valence electrons. The molecular formula is C11H17ClN2. The Morgan fingerprint density at radius 1 is 1.29 bits per heavy atom. The molecule has 0 radical (unpaired) electrons. The summed E-state index contributed by atoms with van der Waals surface area (Å²) in [5.74, 6) is 0. The van der Waals surface area contributed by atoms with Gasteiger partial charge in [-0.2, -0.15) is 0 Å². The Morgan fingerprint density at radius 3 is 2.64 bits per heavy atom. The molecule has 2 rings (SSSR count). The number of rotatable bonds is 1. The molecule has 0 unspecified atom stereocenters. The summed E-state index contributed by atoms with van der Waals surface area (Å²) < 4.78 is 0. The highest BCUT2D eigenvalue weighted by molar-refractivity contribution is 5.85. The van der Waals surface area contributed by atoms with E-state index in [1.165, 1.54) is 5.69 Å². The lowest BCUT2D eigenvalue weighted by Gasteiger charge is -2.35. The van der Waals surface area contributed by atoms with Crippen molar-refractivity contribution >= 4 is 18.1 Å². The summed E-state index contributed by atoms with van der Waals surface area (Å²) in [5.41, 5.74) is 1.34. The smallest absolute Gasteiger partial charge is 0.0386 e. The van der Waals surface area contributed by atoms with Gasteiger partial charge in [0, 0.05) is 31.4 Å². The first kappa shape index (κ1) is 11.3. The van der Waals surface area contributed by atoms with Crippen molar-refractivity contribution in [1.29, 1.82) is 0 Å². The van der Waals surface area contributed by atoms with E-state index >= 15 is 0 Å². The summed E-state index contributed by atoms with van der Waals surface area (Å²) in [6.45, 7) is 5.57. The third-order valence-electron chi connectivity index (χ3n) is 2.59. The highest BCUT2D eigenvalue weighted by Gasteiger charge is 2.17. The molecule has 0 aromatic heterocycles. The van der Waals surface area contributed by atoms with Crippen molar-refractivity contribution in [3.63, 3.8) is 0 Å². The Kier molecular flexibility index (Phi) is 4.23. The van der Waals surface area contributed by atoms with Gasteiger partial charge in [-0.05, 0) is 19.1 Å². The van der Waals surface area contributed by atoms with Crippen molar-refractivity contribution in [2.75, 3.05) is 24.5 Å². The molecule has 1 N–H and O–H groups in total. The van der Waals surface area contributed by atoms with Gasteiger partial charge >= 0.3 is 0 Å². The topological polar surface area (TPSA) is 15.3 Å². The SMILES string of the molecule is C[C@H]1CNCCN1c1ccccc1.Cl. The Hall–Kier alpha value is -0.730. The normalized spacial score (nSPS) is 21.5. The molecule has 2 nitrogen and oxygen atoms in total. The Morgan fingerprint density at radius 2 is 2.00 bits per heavy atom. The maximum Gasteiger partial charge on any atom is 0.0386 e. The van der Waals surface area contributed by atoms with Crippen LogP contribution in [0.15, 0.2) is 30.3 Å². The fraction of sp³-hybridized carbons (Fsp3) is 0.455. The van der Waals surface area contributed by atoms with Gasteiger partial charge in [0.25, 0.3) is 0 Å². The van der Waals surface area contributed by atoms with Gasteiger partial charge in [0.15, 0.2) is 0 Å². The molecule has 0 bridgehead atoms. The molecule has 0 spiro atoms. The van der Waals surface area contributed by atoms with Crippen LogP contribution in [0.3, 0.4) is 0 Å². The number of anilines is 1.